The van der Waals surface area contributed by atoms with E-state index in [-0.39, 0.29) is 28.0 Å². The zero-order valence-electron chi connectivity index (χ0n) is 11.2. The Labute approximate surface area is 129 Å². The largest absolute Gasteiger partial charge is 0.545 e. The summed E-state index contributed by atoms with van der Waals surface area (Å²) >= 11 is 0.771. The van der Waals surface area contributed by atoms with Crippen molar-refractivity contribution in [2.75, 3.05) is 6.54 Å². The van der Waals surface area contributed by atoms with Gasteiger partial charge in [-0.1, -0.05) is 36.0 Å². The Morgan fingerprint density at radius 2 is 1.91 bits per heavy atom. The zero-order valence-corrected chi connectivity index (χ0v) is 12.0. The molecule has 1 aliphatic heterocycles. The van der Waals surface area contributed by atoms with E-state index in [9.17, 15) is 24.6 Å². The number of aliphatic carboxylic acids is 1. The van der Waals surface area contributed by atoms with Gasteiger partial charge in [0.15, 0.2) is 5.17 Å². The molecule has 0 atom stereocenters. The molecule has 7 nitrogen and oxygen atoms in total. The number of nitrogens with one attached hydrogen (secondary N) is 1. The maximum atomic E-state index is 11.2. The zero-order chi connectivity index (χ0) is 16.1. The number of amides is 1. The lowest BCUT2D eigenvalue weighted by Crippen LogP contribution is -2.34. The molecule has 0 aliphatic carbocycles. The maximum Gasteiger partial charge on any atom is 0.227 e. The minimum Gasteiger partial charge on any atom is -0.545 e. The fourth-order valence-electron chi connectivity index (χ4n) is 1.64. The first-order valence-electron chi connectivity index (χ1n) is 6.22. The number of hydrogen-bond donors (Lipinski definition) is 1. The van der Waals surface area contributed by atoms with Crippen molar-refractivity contribution in [1.29, 1.82) is 0 Å². The van der Waals surface area contributed by atoms with Crippen LogP contribution in [0, 0.1) is 0 Å². The second-order valence-electron chi connectivity index (χ2n) is 4.29. The summed E-state index contributed by atoms with van der Waals surface area (Å²) in [6.45, 7) is 0.300. The summed E-state index contributed by atoms with van der Waals surface area (Å²) < 4.78 is 0. The lowest BCUT2D eigenvalue weighted by atomic mass is 10.1. The van der Waals surface area contributed by atoms with Gasteiger partial charge in [0.1, 0.15) is 0 Å². The number of hydrogen-bond acceptors (Lipinski definition) is 7. The molecule has 2 rings (SSSR count). The van der Waals surface area contributed by atoms with Gasteiger partial charge in [0.25, 0.3) is 0 Å². The lowest BCUT2D eigenvalue weighted by molar-refractivity contribution is -0.298. The van der Waals surface area contributed by atoms with Crippen LogP contribution in [0.25, 0.3) is 6.08 Å². The summed E-state index contributed by atoms with van der Waals surface area (Å²) in [6, 6.07) is 5.49. The number of carbonyl (C=O) groups is 3. The summed E-state index contributed by atoms with van der Waals surface area (Å²) in [5, 5.41) is 24.5. The Kier molecular flexibility index (Phi) is 4.95. The molecule has 0 saturated heterocycles. The standard InChI is InChI=1S/C14H12N2O5S/c17-11-5-6-15-14(16-11)22-10(13(20)21)7-8-1-3-9(4-2-8)12(18)19/h1-4,7H,5-6H2,(H,18,19)(H,20,21)(H,15,16,17)/p-2/b10-7+. The van der Waals surface area contributed by atoms with Gasteiger partial charge in [-0.3, -0.25) is 9.79 Å². The van der Waals surface area contributed by atoms with E-state index >= 15 is 0 Å². The normalized spacial score (nSPS) is 15.0. The molecule has 0 bridgehead atoms. The third-order valence-corrected chi connectivity index (χ3v) is 3.62. The van der Waals surface area contributed by atoms with Crippen LogP contribution in [0.4, 0.5) is 0 Å². The molecule has 1 aromatic rings. The quantitative estimate of drug-likeness (QED) is 0.692. The van der Waals surface area contributed by atoms with Crippen molar-refractivity contribution >= 4 is 40.9 Å². The van der Waals surface area contributed by atoms with E-state index in [1.165, 1.54) is 30.3 Å². The smallest absolute Gasteiger partial charge is 0.227 e. The van der Waals surface area contributed by atoms with E-state index < -0.39 is 11.9 Å². The first-order valence-corrected chi connectivity index (χ1v) is 7.04. The van der Waals surface area contributed by atoms with Gasteiger partial charge in [-0.25, -0.2) is 0 Å². The minimum atomic E-state index is -1.42. The molecule has 1 heterocycles. The van der Waals surface area contributed by atoms with Crippen molar-refractivity contribution in [2.24, 2.45) is 4.99 Å². The second kappa shape index (κ2) is 6.90. The SMILES string of the molecule is O=C1CCN=C(S/C(=C/c2ccc(C(=O)[O-])cc2)C(=O)[O-])N1. The van der Waals surface area contributed by atoms with E-state index in [1.807, 2.05) is 0 Å². The molecule has 0 aromatic heterocycles. The van der Waals surface area contributed by atoms with Gasteiger partial charge in [0.2, 0.25) is 5.91 Å². The average molecular weight is 318 g/mol. The summed E-state index contributed by atoms with van der Waals surface area (Å²) in [5.74, 6) is -2.96. The van der Waals surface area contributed by atoms with Crippen molar-refractivity contribution in [2.45, 2.75) is 6.42 Å². The predicted octanol–water partition coefficient (Wildman–Crippen LogP) is -1.25. The molecule has 1 aromatic carbocycles. The maximum absolute atomic E-state index is 11.2. The predicted molar refractivity (Wildman–Crippen MR) is 76.4 cm³/mol. The number of amidine groups is 1. The highest BCUT2D eigenvalue weighted by atomic mass is 32.2. The Morgan fingerprint density at radius 1 is 1.23 bits per heavy atom. The van der Waals surface area contributed by atoms with Crippen molar-refractivity contribution in [3.8, 4) is 0 Å². The first kappa shape index (κ1) is 15.8. The van der Waals surface area contributed by atoms with Gasteiger partial charge in [-0.05, 0) is 17.2 Å². The highest BCUT2D eigenvalue weighted by Gasteiger charge is 2.14. The average Bonchev–Trinajstić information content (AvgIpc) is 2.47. The highest BCUT2D eigenvalue weighted by molar-refractivity contribution is 8.18. The lowest BCUT2D eigenvalue weighted by Gasteiger charge is -2.15. The monoisotopic (exact) mass is 318 g/mol. The number of carboxylic acids is 2. The van der Waals surface area contributed by atoms with Crippen LogP contribution in [-0.4, -0.2) is 29.6 Å². The number of benzene rings is 1. The molecule has 0 unspecified atom stereocenters. The van der Waals surface area contributed by atoms with E-state index in [1.54, 1.807) is 0 Å². The number of thioether (sulfide) groups is 1. The van der Waals surface area contributed by atoms with Crippen LogP contribution in [0.3, 0.4) is 0 Å². The molecule has 1 aliphatic rings. The van der Waals surface area contributed by atoms with Crippen molar-refractivity contribution in [1.82, 2.24) is 5.32 Å². The van der Waals surface area contributed by atoms with Crippen LogP contribution in [0.2, 0.25) is 0 Å². The van der Waals surface area contributed by atoms with Crippen molar-refractivity contribution in [3.05, 3.63) is 40.3 Å². The Balaban J connectivity index is 2.20. The molecule has 8 heteroatoms. The van der Waals surface area contributed by atoms with E-state index in [0.717, 1.165) is 11.8 Å². The third-order valence-electron chi connectivity index (χ3n) is 2.69. The van der Waals surface area contributed by atoms with Crippen LogP contribution in [0.15, 0.2) is 34.2 Å². The van der Waals surface area contributed by atoms with Crippen LogP contribution in [0.5, 0.6) is 0 Å². The molecule has 114 valence electrons. The van der Waals surface area contributed by atoms with Gasteiger partial charge in [0.05, 0.1) is 18.5 Å². The molecule has 0 spiro atoms. The summed E-state index contributed by atoms with van der Waals surface area (Å²) in [6.07, 6.45) is 1.57. The molecule has 1 amide bonds. The summed E-state index contributed by atoms with van der Waals surface area (Å²) in [5.41, 5.74) is 0.461. The third kappa shape index (κ3) is 4.19. The van der Waals surface area contributed by atoms with Gasteiger partial charge in [-0.15, -0.1) is 0 Å². The molecule has 0 radical (unpaired) electrons. The number of aromatic carboxylic acids is 1. The van der Waals surface area contributed by atoms with Crippen LogP contribution in [-0.2, 0) is 9.59 Å². The number of carbonyl (C=O) groups excluding carboxylic acids is 3. The minimum absolute atomic E-state index is 0.0104. The number of carboxylic acid groups (broad SMARTS) is 2. The number of nitrogens with zero attached hydrogens (tertiary/aromatic N) is 1. The molecule has 0 saturated carbocycles. The van der Waals surface area contributed by atoms with Gasteiger partial charge >= 0.3 is 0 Å². The second-order valence-corrected chi connectivity index (χ2v) is 5.32. The van der Waals surface area contributed by atoms with E-state index in [4.69, 9.17) is 0 Å². The summed E-state index contributed by atoms with van der Waals surface area (Å²) in [4.78, 5) is 36.9. The molecular weight excluding hydrogens is 308 g/mol. The fourth-order valence-corrected chi connectivity index (χ4v) is 2.45. The fraction of sp³-hybridized carbons (Fsp3) is 0.143. The van der Waals surface area contributed by atoms with Crippen LogP contribution < -0.4 is 15.5 Å². The molecule has 22 heavy (non-hydrogen) atoms. The Bertz CT molecular complexity index is 679. The van der Waals surface area contributed by atoms with Crippen LogP contribution in [0.1, 0.15) is 22.3 Å². The molecular formula is C14H10N2O5S-2. The van der Waals surface area contributed by atoms with Crippen LogP contribution >= 0.6 is 11.8 Å². The van der Waals surface area contributed by atoms with E-state index in [2.05, 4.69) is 10.3 Å². The number of rotatable bonds is 4. The van der Waals surface area contributed by atoms with Crippen molar-refractivity contribution in [3.63, 3.8) is 0 Å². The van der Waals surface area contributed by atoms with Crippen molar-refractivity contribution < 1.29 is 24.6 Å². The Hall–Kier alpha value is -2.61. The molecule has 1 N–H and O–H groups in total. The van der Waals surface area contributed by atoms with E-state index in [0.29, 0.717) is 12.1 Å². The number of aliphatic imine (C=N–C) groups is 1. The summed E-state index contributed by atoms with van der Waals surface area (Å²) in [7, 11) is 0. The molecule has 0 fully saturated rings. The van der Waals surface area contributed by atoms with Gasteiger partial charge in [-0.2, -0.15) is 0 Å². The van der Waals surface area contributed by atoms with Gasteiger partial charge < -0.3 is 25.1 Å². The Morgan fingerprint density at radius 3 is 2.45 bits per heavy atom. The first-order chi connectivity index (χ1) is 10.5. The van der Waals surface area contributed by atoms with Gasteiger partial charge in [0, 0.05) is 11.3 Å². The highest BCUT2D eigenvalue weighted by Crippen LogP contribution is 2.21. The topological polar surface area (TPSA) is 122 Å².